The summed E-state index contributed by atoms with van der Waals surface area (Å²) in [6, 6.07) is 17.0. The summed E-state index contributed by atoms with van der Waals surface area (Å²) in [6.07, 6.45) is 1.60. The summed E-state index contributed by atoms with van der Waals surface area (Å²) in [5, 5.41) is 3.03. The quantitative estimate of drug-likeness (QED) is 0.619. The Labute approximate surface area is 170 Å². The van der Waals surface area contributed by atoms with E-state index in [4.69, 9.17) is 0 Å². The van der Waals surface area contributed by atoms with E-state index in [2.05, 4.69) is 10.1 Å². The Hall–Kier alpha value is -2.61. The number of hydrogen-bond donors (Lipinski definition) is 1. The van der Waals surface area contributed by atoms with Crippen LogP contribution < -0.4 is 5.32 Å². The van der Waals surface area contributed by atoms with Crippen molar-refractivity contribution in [1.29, 1.82) is 0 Å². The van der Waals surface area contributed by atoms with Crippen molar-refractivity contribution in [3.8, 4) is 11.3 Å². The van der Waals surface area contributed by atoms with Crippen LogP contribution in [0.5, 0.6) is 0 Å². The van der Waals surface area contributed by atoms with Crippen LogP contribution in [0.2, 0.25) is 0 Å². The summed E-state index contributed by atoms with van der Waals surface area (Å²) >= 11 is 0. The molecule has 0 saturated carbocycles. The lowest BCUT2D eigenvalue weighted by Gasteiger charge is -2.11. The van der Waals surface area contributed by atoms with Gasteiger partial charge in [-0.3, -0.25) is 0 Å². The van der Waals surface area contributed by atoms with Gasteiger partial charge in [-0.2, -0.15) is 0 Å². The van der Waals surface area contributed by atoms with Crippen LogP contribution in [0.1, 0.15) is 15.9 Å². The number of ether oxygens (including phenoxy) is 1. The third-order valence-corrected chi connectivity index (χ3v) is 5.77. The average molecular weight is 421 g/mol. The number of aromatic nitrogens is 1. The highest BCUT2D eigenvalue weighted by atomic mass is 35.5. The summed E-state index contributed by atoms with van der Waals surface area (Å²) in [6.45, 7) is 0.532. The minimum Gasteiger partial charge on any atom is -0.465 e. The number of hydrogen-bond acceptors (Lipinski definition) is 5. The largest absolute Gasteiger partial charge is 0.465 e. The molecular weight excluding hydrogens is 400 g/mol. The van der Waals surface area contributed by atoms with E-state index in [1.807, 2.05) is 36.4 Å². The van der Waals surface area contributed by atoms with Crippen molar-refractivity contribution >= 4 is 28.4 Å². The molecule has 0 amide bonds. The van der Waals surface area contributed by atoms with Gasteiger partial charge in [-0.05, 0) is 42.4 Å². The van der Waals surface area contributed by atoms with E-state index >= 15 is 0 Å². The fraction of sp³-hybridized carbons (Fsp3) is 0.150. The second-order valence-corrected chi connectivity index (χ2v) is 7.77. The molecule has 0 saturated heterocycles. The highest BCUT2D eigenvalue weighted by molar-refractivity contribution is 7.90. The fourth-order valence-corrected chi connectivity index (χ4v) is 4.28. The normalized spacial score (nSPS) is 10.9. The number of methoxy groups -OCH3 is 1. The average Bonchev–Trinajstić information content (AvgIpc) is 3.13. The van der Waals surface area contributed by atoms with Gasteiger partial charge in [-0.15, -0.1) is 12.4 Å². The molecule has 0 aliphatic carbocycles. The number of carbonyl (C=O) groups is 1. The zero-order chi connectivity index (χ0) is 19.4. The Morgan fingerprint density at radius 1 is 1.07 bits per heavy atom. The standard InChI is InChI=1S/C20H20N2O4S.ClH/c1-21-13-15-11-19(16-7-4-3-5-8-16)22(14-15)27(24,25)18-10-6-9-17(12-18)20(23)26-2;/h3-12,14,21H,13H2,1-2H3;1H. The van der Waals surface area contributed by atoms with Crippen molar-refractivity contribution in [3.05, 3.63) is 78.0 Å². The van der Waals surface area contributed by atoms with Crippen LogP contribution in [0, 0.1) is 0 Å². The molecule has 0 aliphatic rings. The smallest absolute Gasteiger partial charge is 0.337 e. The zero-order valence-electron chi connectivity index (χ0n) is 15.5. The van der Waals surface area contributed by atoms with Gasteiger partial charge in [-0.25, -0.2) is 17.2 Å². The maximum Gasteiger partial charge on any atom is 0.337 e. The van der Waals surface area contributed by atoms with Crippen molar-refractivity contribution in [2.24, 2.45) is 0 Å². The van der Waals surface area contributed by atoms with Crippen molar-refractivity contribution in [2.75, 3.05) is 14.2 Å². The first kappa shape index (κ1) is 21.7. The summed E-state index contributed by atoms with van der Waals surface area (Å²) in [5.41, 5.74) is 2.36. The first-order valence-electron chi connectivity index (χ1n) is 8.32. The maximum absolute atomic E-state index is 13.3. The molecule has 1 aromatic heterocycles. The van der Waals surface area contributed by atoms with Gasteiger partial charge >= 0.3 is 5.97 Å². The third-order valence-electron chi connectivity index (χ3n) is 4.11. The molecular formula is C20H21ClN2O4S. The first-order valence-corrected chi connectivity index (χ1v) is 9.76. The molecule has 1 N–H and O–H groups in total. The minimum absolute atomic E-state index is 0. The number of nitrogens with one attached hydrogen (secondary N) is 1. The van der Waals surface area contributed by atoms with Gasteiger partial charge in [0.15, 0.2) is 0 Å². The molecule has 0 unspecified atom stereocenters. The van der Waals surface area contributed by atoms with Gasteiger partial charge < -0.3 is 10.1 Å². The highest BCUT2D eigenvalue weighted by Crippen LogP contribution is 2.27. The molecule has 6 nitrogen and oxygen atoms in total. The van der Waals surface area contributed by atoms with Gasteiger partial charge in [-0.1, -0.05) is 36.4 Å². The number of rotatable bonds is 6. The minimum atomic E-state index is -3.90. The lowest BCUT2D eigenvalue weighted by Crippen LogP contribution is -2.14. The monoisotopic (exact) mass is 420 g/mol. The number of carbonyl (C=O) groups excluding carboxylic acids is 1. The molecule has 8 heteroatoms. The van der Waals surface area contributed by atoms with Crippen LogP contribution in [-0.2, 0) is 21.3 Å². The Morgan fingerprint density at radius 3 is 2.43 bits per heavy atom. The molecule has 0 radical (unpaired) electrons. The second kappa shape index (κ2) is 9.05. The van der Waals surface area contributed by atoms with Gasteiger partial charge in [0.05, 0.1) is 23.3 Å². The predicted octanol–water partition coefficient (Wildman–Crippen LogP) is 3.32. The Bertz CT molecular complexity index is 1060. The Morgan fingerprint density at radius 2 is 1.79 bits per heavy atom. The maximum atomic E-state index is 13.3. The zero-order valence-corrected chi connectivity index (χ0v) is 17.1. The number of nitrogens with zero attached hydrogens (tertiary/aromatic N) is 1. The fourth-order valence-electron chi connectivity index (χ4n) is 2.83. The van der Waals surface area contributed by atoms with Gasteiger partial charge in [0, 0.05) is 12.7 Å². The molecule has 1 heterocycles. The molecule has 0 fully saturated rings. The SMILES string of the molecule is CNCc1cc(-c2ccccc2)n(S(=O)(=O)c2cccc(C(=O)OC)c2)c1.Cl. The van der Waals surface area contributed by atoms with E-state index in [9.17, 15) is 13.2 Å². The van der Waals surface area contributed by atoms with Crippen LogP contribution in [0.3, 0.4) is 0 Å². The second-order valence-electron chi connectivity index (χ2n) is 5.95. The van der Waals surface area contributed by atoms with Gasteiger partial charge in [0.25, 0.3) is 10.0 Å². The van der Waals surface area contributed by atoms with Crippen molar-refractivity contribution in [2.45, 2.75) is 11.4 Å². The van der Waals surface area contributed by atoms with Gasteiger partial charge in [0.2, 0.25) is 0 Å². The molecule has 3 rings (SSSR count). The van der Waals surface area contributed by atoms with E-state index in [0.717, 1.165) is 11.1 Å². The molecule has 3 aromatic rings. The topological polar surface area (TPSA) is 77.4 Å². The lowest BCUT2D eigenvalue weighted by molar-refractivity contribution is 0.0600. The summed E-state index contributed by atoms with van der Waals surface area (Å²) in [4.78, 5) is 11.8. The number of halogens is 1. The molecule has 0 spiro atoms. The molecule has 0 aliphatic heterocycles. The van der Waals surface area contributed by atoms with Crippen LogP contribution in [-0.4, -0.2) is 32.5 Å². The van der Waals surface area contributed by atoms with Crippen molar-refractivity contribution < 1.29 is 17.9 Å². The number of esters is 1. The lowest BCUT2D eigenvalue weighted by atomic mass is 10.1. The summed E-state index contributed by atoms with van der Waals surface area (Å²) in [7, 11) is -0.842. The van der Waals surface area contributed by atoms with Crippen LogP contribution >= 0.6 is 12.4 Å². The van der Waals surface area contributed by atoms with E-state index in [-0.39, 0.29) is 22.9 Å². The molecule has 28 heavy (non-hydrogen) atoms. The number of benzene rings is 2. The summed E-state index contributed by atoms with van der Waals surface area (Å²) < 4.78 is 32.5. The molecule has 148 valence electrons. The van der Waals surface area contributed by atoms with Crippen LogP contribution in [0.15, 0.2) is 71.8 Å². The highest BCUT2D eigenvalue weighted by Gasteiger charge is 2.23. The molecule has 2 aromatic carbocycles. The third kappa shape index (κ3) is 4.27. The van der Waals surface area contributed by atoms with Crippen LogP contribution in [0.4, 0.5) is 0 Å². The molecule has 0 atom stereocenters. The van der Waals surface area contributed by atoms with E-state index in [1.165, 1.54) is 35.3 Å². The van der Waals surface area contributed by atoms with E-state index in [0.29, 0.717) is 12.2 Å². The van der Waals surface area contributed by atoms with Gasteiger partial charge in [0.1, 0.15) is 0 Å². The van der Waals surface area contributed by atoms with Crippen molar-refractivity contribution in [3.63, 3.8) is 0 Å². The van der Waals surface area contributed by atoms with Crippen LogP contribution in [0.25, 0.3) is 11.3 Å². The molecule has 0 bridgehead atoms. The Balaban J connectivity index is 0.00000280. The van der Waals surface area contributed by atoms with Crippen molar-refractivity contribution in [1.82, 2.24) is 9.29 Å². The Kier molecular flexibility index (Phi) is 7.01. The summed E-state index contributed by atoms with van der Waals surface area (Å²) in [5.74, 6) is -0.585. The van der Waals surface area contributed by atoms with E-state index < -0.39 is 16.0 Å². The predicted molar refractivity (Wildman–Crippen MR) is 110 cm³/mol. The first-order chi connectivity index (χ1) is 13.0. The van der Waals surface area contributed by atoms with E-state index in [1.54, 1.807) is 13.2 Å².